The highest BCUT2D eigenvalue weighted by molar-refractivity contribution is 7.95. The highest BCUT2D eigenvalue weighted by atomic mass is 32.2. The molecule has 4 atom stereocenters. The molecule has 6 nitrogen and oxygen atoms in total. The molecule has 3 heterocycles. The molecule has 3 aliphatic heterocycles. The van der Waals surface area contributed by atoms with E-state index in [2.05, 4.69) is 58.1 Å². The van der Waals surface area contributed by atoms with Crippen LogP contribution < -0.4 is 4.90 Å². The van der Waals surface area contributed by atoms with Crippen molar-refractivity contribution in [3.05, 3.63) is 71.1 Å². The number of aliphatic imine (C=N–C) groups is 1. The number of piperidine rings is 1. The Kier molecular flexibility index (Phi) is 8.31. The number of anilines is 1. The fourth-order valence-corrected chi connectivity index (χ4v) is 9.90. The van der Waals surface area contributed by atoms with Crippen molar-refractivity contribution in [2.75, 3.05) is 44.2 Å². The first kappa shape index (κ1) is 29.1. The summed E-state index contributed by atoms with van der Waals surface area (Å²) in [5, 5.41) is 10.8. The van der Waals surface area contributed by atoms with E-state index >= 15 is 0 Å². The molecule has 3 fully saturated rings. The van der Waals surface area contributed by atoms with E-state index in [4.69, 9.17) is 0 Å². The number of nitriles is 1. The average molecular weight is 585 g/mol. The van der Waals surface area contributed by atoms with Gasteiger partial charge in [-0.15, -0.1) is 0 Å². The van der Waals surface area contributed by atoms with Crippen molar-refractivity contribution in [1.29, 1.82) is 5.26 Å². The molecule has 0 spiro atoms. The zero-order valence-corrected chi connectivity index (χ0v) is 25.8. The van der Waals surface area contributed by atoms with E-state index in [9.17, 15) is 13.7 Å². The van der Waals surface area contributed by atoms with Crippen LogP contribution >= 0.6 is 0 Å². The Morgan fingerprint density at radius 3 is 2.31 bits per heavy atom. The fourth-order valence-electron chi connectivity index (χ4n) is 8.29. The minimum atomic E-state index is -3.49. The first-order chi connectivity index (χ1) is 20.3. The molecule has 1 saturated carbocycles. The Balaban J connectivity index is 1.04. The van der Waals surface area contributed by atoms with Gasteiger partial charge in [0.05, 0.1) is 21.3 Å². The first-order valence-corrected chi connectivity index (χ1v) is 17.3. The maximum absolute atomic E-state index is 13.1. The van der Waals surface area contributed by atoms with E-state index in [0.29, 0.717) is 40.0 Å². The SMILES string of the molecule is CC1CN=CC=C1S(=O)(=O)c1ccc(N2CC(CN3CCC(C(C#N)(c4ccccc4)[C@@H]4CCC[C@H]4C)CC3)C2)cc1. The monoisotopic (exact) mass is 584 g/mol. The van der Waals surface area contributed by atoms with Crippen LogP contribution in [0.2, 0.25) is 0 Å². The molecular formula is C35H44N4O2S. The van der Waals surface area contributed by atoms with Crippen molar-refractivity contribution in [2.45, 2.75) is 56.3 Å². The molecule has 0 bridgehead atoms. The molecule has 7 heteroatoms. The van der Waals surface area contributed by atoms with Crippen molar-refractivity contribution in [2.24, 2.45) is 34.6 Å². The van der Waals surface area contributed by atoms with Gasteiger partial charge in [-0.05, 0) is 86.0 Å². The van der Waals surface area contributed by atoms with Gasteiger partial charge in [0.2, 0.25) is 9.84 Å². The largest absolute Gasteiger partial charge is 0.371 e. The Labute approximate surface area is 252 Å². The van der Waals surface area contributed by atoms with Gasteiger partial charge in [-0.2, -0.15) is 5.26 Å². The van der Waals surface area contributed by atoms with Crippen LogP contribution in [-0.2, 0) is 15.3 Å². The van der Waals surface area contributed by atoms with Gasteiger partial charge in [-0.25, -0.2) is 8.42 Å². The third kappa shape index (κ3) is 5.33. The van der Waals surface area contributed by atoms with Crippen molar-refractivity contribution in [1.82, 2.24) is 4.90 Å². The number of benzene rings is 2. The summed E-state index contributed by atoms with van der Waals surface area (Å²) in [7, 11) is -3.49. The van der Waals surface area contributed by atoms with Crippen LogP contribution in [0.1, 0.15) is 51.5 Å². The molecule has 4 aliphatic rings. The van der Waals surface area contributed by atoms with Gasteiger partial charge in [0.15, 0.2) is 0 Å². The lowest BCUT2D eigenvalue weighted by molar-refractivity contribution is 0.0931. The van der Waals surface area contributed by atoms with Crippen LogP contribution in [0.15, 0.2) is 75.5 Å². The Morgan fingerprint density at radius 2 is 1.69 bits per heavy atom. The lowest BCUT2D eigenvalue weighted by Gasteiger charge is -2.48. The summed E-state index contributed by atoms with van der Waals surface area (Å²) in [6, 6.07) is 21.0. The van der Waals surface area contributed by atoms with Crippen LogP contribution in [0, 0.1) is 40.9 Å². The highest BCUT2D eigenvalue weighted by Gasteiger charge is 2.51. The zero-order valence-electron chi connectivity index (χ0n) is 25.0. The van der Waals surface area contributed by atoms with Crippen LogP contribution in [0.3, 0.4) is 0 Å². The maximum Gasteiger partial charge on any atom is 0.203 e. The van der Waals surface area contributed by atoms with Crippen LogP contribution in [0.25, 0.3) is 0 Å². The highest BCUT2D eigenvalue weighted by Crippen LogP contribution is 2.52. The fraction of sp³-hybridized carbons (Fsp3) is 0.543. The summed E-state index contributed by atoms with van der Waals surface area (Å²) < 4.78 is 26.3. The molecule has 222 valence electrons. The van der Waals surface area contributed by atoms with Gasteiger partial charge < -0.3 is 9.80 Å². The van der Waals surface area contributed by atoms with Crippen LogP contribution in [-0.4, -0.2) is 58.8 Å². The lowest BCUT2D eigenvalue weighted by Crippen LogP contribution is -2.54. The van der Waals surface area contributed by atoms with Crippen molar-refractivity contribution >= 4 is 21.7 Å². The second-order valence-corrected chi connectivity index (χ2v) is 15.1. The molecule has 2 unspecified atom stereocenters. The standard InChI is InChI=1S/C35H44N4O2S/c1-26-7-6-10-33(26)35(25-36,29-8-4-3-5-9-29)30-16-19-38(20-17-30)22-28-23-39(24-28)31-11-13-32(14-12-31)42(40,41)34-15-18-37-21-27(34)2/h3-5,8-9,11-15,18,26-28,30,33H,6-7,10,16-17,19-24H2,1-2H3/t26-,27?,33-,35?/m1/s1. The van der Waals surface area contributed by atoms with Crippen molar-refractivity contribution in [3.63, 3.8) is 0 Å². The minimum absolute atomic E-state index is 0.0955. The van der Waals surface area contributed by atoms with E-state index in [-0.39, 0.29) is 11.3 Å². The van der Waals surface area contributed by atoms with Crippen LogP contribution in [0.5, 0.6) is 0 Å². The normalized spacial score (nSPS) is 27.2. The number of hydrogen-bond acceptors (Lipinski definition) is 6. The number of likely N-dealkylation sites (tertiary alicyclic amines) is 1. The summed E-state index contributed by atoms with van der Waals surface area (Å²) in [4.78, 5) is 9.95. The minimum Gasteiger partial charge on any atom is -0.371 e. The Morgan fingerprint density at radius 1 is 0.976 bits per heavy atom. The van der Waals surface area contributed by atoms with E-state index in [1.165, 1.54) is 24.8 Å². The molecule has 2 saturated heterocycles. The summed E-state index contributed by atoms with van der Waals surface area (Å²) >= 11 is 0. The summed E-state index contributed by atoms with van der Waals surface area (Å²) in [6.45, 7) is 9.99. The number of hydrogen-bond donors (Lipinski definition) is 0. The third-order valence-electron chi connectivity index (χ3n) is 10.6. The number of rotatable bonds is 8. The molecule has 42 heavy (non-hydrogen) atoms. The topological polar surface area (TPSA) is 76.8 Å². The van der Waals surface area contributed by atoms with Crippen LogP contribution in [0.4, 0.5) is 5.69 Å². The number of dihydropyridines is 1. The second kappa shape index (κ2) is 12.0. The first-order valence-electron chi connectivity index (χ1n) is 15.8. The molecule has 0 aromatic heterocycles. The maximum atomic E-state index is 13.1. The van der Waals surface area contributed by atoms with Gasteiger partial charge in [0.25, 0.3) is 0 Å². The van der Waals surface area contributed by atoms with Gasteiger partial charge >= 0.3 is 0 Å². The van der Waals surface area contributed by atoms with E-state index in [0.717, 1.165) is 51.3 Å². The molecule has 2 aromatic rings. The third-order valence-corrected chi connectivity index (χ3v) is 12.7. The second-order valence-electron chi connectivity index (χ2n) is 13.2. The molecule has 0 amide bonds. The Hall–Kier alpha value is -2.95. The van der Waals surface area contributed by atoms with E-state index in [1.54, 1.807) is 24.4 Å². The number of sulfone groups is 1. The molecular weight excluding hydrogens is 540 g/mol. The number of allylic oxidation sites excluding steroid dienone is 1. The molecule has 0 radical (unpaired) electrons. The predicted molar refractivity (Wildman–Crippen MR) is 169 cm³/mol. The summed E-state index contributed by atoms with van der Waals surface area (Å²) in [5.41, 5.74) is 1.94. The van der Waals surface area contributed by atoms with Gasteiger partial charge in [0, 0.05) is 49.9 Å². The number of nitrogens with zero attached hydrogens (tertiary/aromatic N) is 4. The van der Waals surface area contributed by atoms with E-state index < -0.39 is 9.84 Å². The molecule has 6 rings (SSSR count). The van der Waals surface area contributed by atoms with Gasteiger partial charge in [0.1, 0.15) is 0 Å². The lowest BCUT2D eigenvalue weighted by atomic mass is 9.58. The summed E-state index contributed by atoms with van der Waals surface area (Å²) in [6.07, 6.45) is 9.05. The van der Waals surface area contributed by atoms with Gasteiger partial charge in [-0.3, -0.25) is 4.99 Å². The summed E-state index contributed by atoms with van der Waals surface area (Å²) in [5.74, 6) is 1.96. The van der Waals surface area contributed by atoms with Crippen molar-refractivity contribution in [3.8, 4) is 6.07 Å². The van der Waals surface area contributed by atoms with Gasteiger partial charge in [-0.1, -0.05) is 57.0 Å². The Bertz CT molecular complexity index is 1450. The predicted octanol–water partition coefficient (Wildman–Crippen LogP) is 6.11. The zero-order chi connectivity index (χ0) is 29.3. The smallest absolute Gasteiger partial charge is 0.203 e. The average Bonchev–Trinajstić information content (AvgIpc) is 3.43. The quantitative estimate of drug-likeness (QED) is 0.374. The molecule has 0 N–H and O–H groups in total. The molecule has 2 aromatic carbocycles. The van der Waals surface area contributed by atoms with Crippen molar-refractivity contribution < 1.29 is 8.42 Å². The van der Waals surface area contributed by atoms with E-state index in [1.807, 2.05) is 19.1 Å². The molecule has 1 aliphatic carbocycles.